The van der Waals surface area contributed by atoms with Crippen LogP contribution in [0, 0.1) is 5.41 Å². The SMILES string of the molecule is CC1(C)CC=C(c2cc(C3(O)CCCCC3)ccc2NC(=O)c2ncc(N)[nH]2)CC1. The highest BCUT2D eigenvalue weighted by Gasteiger charge is 2.32. The van der Waals surface area contributed by atoms with Gasteiger partial charge in [-0.25, -0.2) is 4.98 Å². The number of aromatic nitrogens is 2. The largest absolute Gasteiger partial charge is 0.385 e. The molecule has 6 heteroatoms. The molecule has 6 nitrogen and oxygen atoms in total. The molecule has 0 aliphatic heterocycles. The number of rotatable bonds is 4. The maximum atomic E-state index is 12.7. The average Bonchev–Trinajstić information content (AvgIpc) is 3.15. The van der Waals surface area contributed by atoms with Crippen LogP contribution in [0.15, 0.2) is 30.5 Å². The van der Waals surface area contributed by atoms with Gasteiger partial charge in [-0.2, -0.15) is 0 Å². The summed E-state index contributed by atoms with van der Waals surface area (Å²) < 4.78 is 0. The van der Waals surface area contributed by atoms with E-state index < -0.39 is 5.60 Å². The van der Waals surface area contributed by atoms with E-state index in [0.29, 0.717) is 5.82 Å². The average molecular weight is 409 g/mol. The number of nitrogens with one attached hydrogen (secondary N) is 2. The molecule has 30 heavy (non-hydrogen) atoms. The van der Waals surface area contributed by atoms with Gasteiger partial charge in [0.15, 0.2) is 5.82 Å². The third kappa shape index (κ3) is 4.29. The summed E-state index contributed by atoms with van der Waals surface area (Å²) in [6, 6.07) is 5.96. The first-order valence-corrected chi connectivity index (χ1v) is 10.9. The Kier molecular flexibility index (Phi) is 5.45. The normalized spacial score (nSPS) is 20.4. The summed E-state index contributed by atoms with van der Waals surface area (Å²) in [4.78, 5) is 19.5. The second-order valence-corrected chi connectivity index (χ2v) is 9.59. The Hall–Kier alpha value is -2.60. The van der Waals surface area contributed by atoms with Crippen LogP contribution in [0.2, 0.25) is 0 Å². The summed E-state index contributed by atoms with van der Waals surface area (Å²) in [6.07, 6.45) is 11.6. The Labute approximate surface area is 178 Å². The molecule has 0 atom stereocenters. The minimum absolute atomic E-state index is 0.187. The molecule has 1 aromatic carbocycles. The van der Waals surface area contributed by atoms with Gasteiger partial charge in [0.25, 0.3) is 5.91 Å². The van der Waals surface area contributed by atoms with Crippen molar-refractivity contribution in [1.29, 1.82) is 0 Å². The van der Waals surface area contributed by atoms with Crippen LogP contribution in [-0.4, -0.2) is 21.0 Å². The first kappa shape index (κ1) is 20.7. The molecular weight excluding hydrogens is 376 g/mol. The monoisotopic (exact) mass is 408 g/mol. The summed E-state index contributed by atoms with van der Waals surface area (Å²) in [7, 11) is 0. The van der Waals surface area contributed by atoms with Gasteiger partial charge < -0.3 is 21.1 Å². The number of nitrogens with zero attached hydrogens (tertiary/aromatic N) is 1. The van der Waals surface area contributed by atoms with Crippen LogP contribution in [0.25, 0.3) is 5.57 Å². The van der Waals surface area contributed by atoms with Crippen molar-refractivity contribution in [2.75, 3.05) is 11.1 Å². The first-order chi connectivity index (χ1) is 14.3. The predicted molar refractivity (Wildman–Crippen MR) is 120 cm³/mol. The van der Waals surface area contributed by atoms with Crippen molar-refractivity contribution in [1.82, 2.24) is 9.97 Å². The number of carbonyl (C=O) groups is 1. The fourth-order valence-electron chi connectivity index (χ4n) is 4.59. The number of hydrogen-bond acceptors (Lipinski definition) is 4. The Morgan fingerprint density at radius 3 is 2.60 bits per heavy atom. The molecule has 0 radical (unpaired) electrons. The third-order valence-corrected chi connectivity index (χ3v) is 6.61. The molecule has 0 unspecified atom stereocenters. The molecule has 2 aliphatic carbocycles. The summed E-state index contributed by atoms with van der Waals surface area (Å²) >= 11 is 0. The van der Waals surface area contributed by atoms with Gasteiger partial charge >= 0.3 is 0 Å². The van der Waals surface area contributed by atoms with E-state index in [4.69, 9.17) is 5.73 Å². The van der Waals surface area contributed by atoms with E-state index in [-0.39, 0.29) is 17.1 Å². The number of nitrogen functional groups attached to an aromatic ring is 1. The maximum absolute atomic E-state index is 12.7. The van der Waals surface area contributed by atoms with Crippen molar-refractivity contribution in [3.05, 3.63) is 47.4 Å². The van der Waals surface area contributed by atoms with Gasteiger partial charge in [-0.05, 0) is 60.8 Å². The number of nitrogens with two attached hydrogens (primary N) is 1. The molecule has 4 rings (SSSR count). The highest BCUT2D eigenvalue weighted by Crippen LogP contribution is 2.43. The topological polar surface area (TPSA) is 104 Å². The minimum Gasteiger partial charge on any atom is -0.385 e. The zero-order valence-corrected chi connectivity index (χ0v) is 17.9. The summed E-state index contributed by atoms with van der Waals surface area (Å²) in [6.45, 7) is 4.57. The predicted octanol–water partition coefficient (Wildman–Crippen LogP) is 4.99. The van der Waals surface area contributed by atoms with Crippen LogP contribution in [0.3, 0.4) is 0 Å². The summed E-state index contributed by atoms with van der Waals surface area (Å²) in [5.74, 6) is 0.216. The van der Waals surface area contributed by atoms with Gasteiger partial charge in [0, 0.05) is 11.3 Å². The van der Waals surface area contributed by atoms with E-state index >= 15 is 0 Å². The lowest BCUT2D eigenvalue weighted by atomic mass is 9.75. The van der Waals surface area contributed by atoms with Crippen molar-refractivity contribution in [3.8, 4) is 0 Å². The molecule has 1 amide bonds. The number of benzene rings is 1. The third-order valence-electron chi connectivity index (χ3n) is 6.61. The number of amides is 1. The lowest BCUT2D eigenvalue weighted by Gasteiger charge is -2.34. The van der Waals surface area contributed by atoms with E-state index in [9.17, 15) is 9.90 Å². The molecule has 0 spiro atoms. The smallest absolute Gasteiger partial charge is 0.291 e. The number of carbonyl (C=O) groups excluding carboxylic acids is 1. The molecule has 5 N–H and O–H groups in total. The number of aromatic amines is 1. The second-order valence-electron chi connectivity index (χ2n) is 9.59. The maximum Gasteiger partial charge on any atom is 0.291 e. The van der Waals surface area contributed by atoms with Crippen molar-refractivity contribution in [2.24, 2.45) is 5.41 Å². The number of aliphatic hydroxyl groups is 1. The van der Waals surface area contributed by atoms with Crippen molar-refractivity contribution >= 4 is 23.0 Å². The number of allylic oxidation sites excluding steroid dienone is 2. The van der Waals surface area contributed by atoms with Crippen LogP contribution in [0.5, 0.6) is 0 Å². The van der Waals surface area contributed by atoms with E-state index in [2.05, 4.69) is 41.3 Å². The Bertz CT molecular complexity index is 967. The molecule has 1 heterocycles. The zero-order chi connectivity index (χ0) is 21.4. The highest BCUT2D eigenvalue weighted by molar-refractivity contribution is 6.03. The van der Waals surface area contributed by atoms with E-state index in [1.54, 1.807) is 0 Å². The number of imidazole rings is 1. The van der Waals surface area contributed by atoms with Crippen molar-refractivity contribution in [3.63, 3.8) is 0 Å². The Morgan fingerprint density at radius 1 is 1.20 bits per heavy atom. The molecule has 1 saturated carbocycles. The van der Waals surface area contributed by atoms with Crippen LogP contribution in [0.4, 0.5) is 11.5 Å². The van der Waals surface area contributed by atoms with Gasteiger partial charge in [0.05, 0.1) is 11.8 Å². The lowest BCUT2D eigenvalue weighted by Crippen LogP contribution is -2.28. The number of hydrogen-bond donors (Lipinski definition) is 4. The van der Waals surface area contributed by atoms with E-state index in [1.165, 1.54) is 18.2 Å². The second kappa shape index (κ2) is 7.91. The summed E-state index contributed by atoms with van der Waals surface area (Å²) in [5.41, 5.74) is 9.08. The molecule has 2 aromatic rings. The van der Waals surface area contributed by atoms with Gasteiger partial charge in [0.1, 0.15) is 5.82 Å². The van der Waals surface area contributed by atoms with Crippen LogP contribution in [0.1, 0.15) is 87.0 Å². The van der Waals surface area contributed by atoms with Gasteiger partial charge in [-0.3, -0.25) is 4.79 Å². The quantitative estimate of drug-likeness (QED) is 0.572. The summed E-state index contributed by atoms with van der Waals surface area (Å²) in [5, 5.41) is 14.3. The Balaban J connectivity index is 1.69. The molecule has 2 aliphatic rings. The van der Waals surface area contributed by atoms with Crippen LogP contribution < -0.4 is 11.1 Å². The standard InChI is InChI=1S/C24H32N4O2/c1-23(2)12-8-16(9-13-23)18-14-17(24(30)10-4-3-5-11-24)6-7-19(18)27-22(29)21-26-15-20(25)28-21/h6-8,14-15,30H,3-5,9-13,25H2,1-2H3,(H,26,28)(H,27,29). The number of H-pyrrole nitrogens is 1. The molecule has 1 aromatic heterocycles. The fraction of sp³-hybridized carbons (Fsp3) is 0.500. The minimum atomic E-state index is -0.778. The molecule has 160 valence electrons. The molecule has 0 bridgehead atoms. The fourth-order valence-corrected chi connectivity index (χ4v) is 4.59. The van der Waals surface area contributed by atoms with Crippen molar-refractivity contribution < 1.29 is 9.90 Å². The first-order valence-electron chi connectivity index (χ1n) is 10.9. The highest BCUT2D eigenvalue weighted by atomic mass is 16.3. The van der Waals surface area contributed by atoms with E-state index in [0.717, 1.165) is 61.8 Å². The number of anilines is 2. The van der Waals surface area contributed by atoms with Crippen LogP contribution in [-0.2, 0) is 5.60 Å². The Morgan fingerprint density at radius 2 is 1.97 bits per heavy atom. The zero-order valence-electron chi connectivity index (χ0n) is 17.9. The lowest BCUT2D eigenvalue weighted by molar-refractivity contribution is -0.000632. The van der Waals surface area contributed by atoms with Crippen molar-refractivity contribution in [2.45, 2.75) is 70.8 Å². The van der Waals surface area contributed by atoms with Gasteiger partial charge in [0.2, 0.25) is 0 Å². The molecular formula is C24H32N4O2. The molecule has 1 fully saturated rings. The van der Waals surface area contributed by atoms with Gasteiger partial charge in [-0.15, -0.1) is 0 Å². The van der Waals surface area contributed by atoms with Gasteiger partial charge in [-0.1, -0.05) is 45.3 Å². The molecule has 0 saturated heterocycles. The van der Waals surface area contributed by atoms with Crippen LogP contribution >= 0.6 is 0 Å². The van der Waals surface area contributed by atoms with E-state index in [1.807, 2.05) is 12.1 Å².